The van der Waals surface area contributed by atoms with E-state index >= 15 is 0 Å². The second kappa shape index (κ2) is 8.50. The van der Waals surface area contributed by atoms with E-state index in [1.54, 1.807) is 6.92 Å². The fourth-order valence-electron chi connectivity index (χ4n) is 2.56. The third kappa shape index (κ3) is 4.94. The molecule has 0 spiro atoms. The molecule has 0 bridgehead atoms. The van der Waals surface area contributed by atoms with Gasteiger partial charge in [-0.1, -0.05) is 5.16 Å². The Morgan fingerprint density at radius 3 is 2.74 bits per heavy atom. The van der Waals surface area contributed by atoms with Gasteiger partial charge in [-0.05, 0) is 26.7 Å². The zero-order valence-electron chi connectivity index (χ0n) is 14.0. The normalized spacial score (nSPS) is 16.5. The minimum atomic E-state index is -0.0867. The minimum Gasteiger partial charge on any atom is -0.466 e. The van der Waals surface area contributed by atoms with Crippen LogP contribution < -0.4 is 5.32 Å². The molecule has 0 atom stereocenters. The first kappa shape index (κ1) is 17.2. The maximum atomic E-state index is 11.8. The van der Waals surface area contributed by atoms with Gasteiger partial charge in [0.15, 0.2) is 11.8 Å². The highest BCUT2D eigenvalue weighted by molar-refractivity contribution is 5.80. The average Bonchev–Trinajstić information content (AvgIpc) is 2.97. The molecule has 0 aromatic carbocycles. The second-order valence-corrected chi connectivity index (χ2v) is 5.41. The zero-order valence-corrected chi connectivity index (χ0v) is 14.0. The number of nitrogens with zero attached hydrogens (tertiary/aromatic N) is 4. The van der Waals surface area contributed by atoms with Crippen LogP contribution in [0, 0.1) is 12.8 Å². The Kier molecular flexibility index (Phi) is 6.37. The predicted octanol–water partition coefficient (Wildman–Crippen LogP) is 1.12. The molecular formula is C15H25N5O3. The van der Waals surface area contributed by atoms with Gasteiger partial charge in [-0.15, -0.1) is 0 Å². The number of hydrogen-bond acceptors (Lipinski definition) is 6. The molecule has 1 fully saturated rings. The molecule has 8 heteroatoms. The molecule has 0 radical (unpaired) electrons. The van der Waals surface area contributed by atoms with E-state index in [1.165, 1.54) is 0 Å². The van der Waals surface area contributed by atoms with Gasteiger partial charge in [-0.3, -0.25) is 4.79 Å². The molecule has 0 saturated carbocycles. The molecule has 1 aliphatic heterocycles. The smallest absolute Gasteiger partial charge is 0.309 e. The number of carbonyl (C=O) groups excluding carboxylic acids is 1. The van der Waals surface area contributed by atoms with Crippen molar-refractivity contribution in [3.8, 4) is 0 Å². The lowest BCUT2D eigenvalue weighted by atomic mass is 9.97. The van der Waals surface area contributed by atoms with Crippen molar-refractivity contribution in [2.24, 2.45) is 10.9 Å². The van der Waals surface area contributed by atoms with Crippen molar-refractivity contribution in [1.29, 1.82) is 0 Å². The lowest BCUT2D eigenvalue weighted by Gasteiger charge is -2.33. The Bertz CT molecular complexity index is 535. The first-order chi connectivity index (χ1) is 11.1. The molecule has 0 amide bonds. The number of hydrogen-bond donors (Lipinski definition) is 1. The highest BCUT2D eigenvalue weighted by Gasteiger charge is 2.27. The molecule has 2 rings (SSSR count). The number of rotatable bonds is 5. The third-order valence-corrected chi connectivity index (χ3v) is 3.69. The first-order valence-electron chi connectivity index (χ1n) is 8.13. The van der Waals surface area contributed by atoms with Gasteiger partial charge in [0.1, 0.15) is 6.54 Å². The zero-order chi connectivity index (χ0) is 16.7. The molecule has 0 unspecified atom stereocenters. The van der Waals surface area contributed by atoms with Gasteiger partial charge >= 0.3 is 5.97 Å². The fraction of sp³-hybridized carbons (Fsp3) is 0.733. The maximum Gasteiger partial charge on any atom is 0.309 e. The summed E-state index contributed by atoms with van der Waals surface area (Å²) in [5, 5.41) is 7.12. The minimum absolute atomic E-state index is 0.00562. The lowest BCUT2D eigenvalue weighted by Crippen LogP contribution is -2.46. The number of likely N-dealkylation sites (tertiary alicyclic amines) is 1. The Hall–Kier alpha value is -2.12. The third-order valence-electron chi connectivity index (χ3n) is 3.69. The number of nitrogens with one attached hydrogen (secondary N) is 1. The van der Waals surface area contributed by atoms with E-state index in [0.29, 0.717) is 24.9 Å². The second-order valence-electron chi connectivity index (χ2n) is 5.41. The van der Waals surface area contributed by atoms with Gasteiger partial charge < -0.3 is 19.5 Å². The van der Waals surface area contributed by atoms with E-state index in [0.717, 1.165) is 38.4 Å². The summed E-state index contributed by atoms with van der Waals surface area (Å²) in [5.41, 5.74) is 0. The van der Waals surface area contributed by atoms with Gasteiger partial charge in [0.05, 0.1) is 12.5 Å². The largest absolute Gasteiger partial charge is 0.466 e. The van der Waals surface area contributed by atoms with E-state index in [1.807, 2.05) is 13.8 Å². The summed E-state index contributed by atoms with van der Waals surface area (Å²) in [4.78, 5) is 22.7. The van der Waals surface area contributed by atoms with Gasteiger partial charge in [0.2, 0.25) is 5.89 Å². The van der Waals surface area contributed by atoms with Crippen LogP contribution in [0.25, 0.3) is 0 Å². The van der Waals surface area contributed by atoms with E-state index < -0.39 is 0 Å². The van der Waals surface area contributed by atoms with Crippen LogP contribution in [0.5, 0.6) is 0 Å². The summed E-state index contributed by atoms with van der Waals surface area (Å²) in [7, 11) is 0. The fourth-order valence-corrected chi connectivity index (χ4v) is 2.56. The van der Waals surface area contributed by atoms with Gasteiger partial charge in [0, 0.05) is 26.6 Å². The monoisotopic (exact) mass is 323 g/mol. The Morgan fingerprint density at radius 1 is 1.43 bits per heavy atom. The molecule has 0 aliphatic carbocycles. The van der Waals surface area contributed by atoms with Crippen molar-refractivity contribution in [3.05, 3.63) is 11.7 Å². The molecule has 23 heavy (non-hydrogen) atoms. The molecule has 8 nitrogen and oxygen atoms in total. The predicted molar refractivity (Wildman–Crippen MR) is 84.8 cm³/mol. The topological polar surface area (TPSA) is 92.9 Å². The van der Waals surface area contributed by atoms with Crippen LogP contribution in [0.4, 0.5) is 0 Å². The van der Waals surface area contributed by atoms with E-state index in [-0.39, 0.29) is 11.9 Å². The standard InChI is InChI=1S/C15H25N5O3/c1-4-16-15(17-10-13-18-11(3)23-19-13)20-8-6-12(7-9-20)14(21)22-5-2/h12H,4-10H2,1-3H3,(H,16,17). The van der Waals surface area contributed by atoms with Crippen LogP contribution in [-0.4, -0.2) is 53.2 Å². The summed E-state index contributed by atoms with van der Waals surface area (Å²) in [6.45, 7) is 8.77. The van der Waals surface area contributed by atoms with Gasteiger partial charge in [-0.2, -0.15) is 4.98 Å². The molecule has 1 aliphatic rings. The van der Waals surface area contributed by atoms with Crippen LogP contribution in [-0.2, 0) is 16.1 Å². The van der Waals surface area contributed by atoms with Crippen molar-refractivity contribution in [2.75, 3.05) is 26.2 Å². The number of esters is 1. The SMILES string of the molecule is CCNC(=NCc1noc(C)n1)N1CCC(C(=O)OCC)CC1. The summed E-state index contributed by atoms with van der Waals surface area (Å²) >= 11 is 0. The Morgan fingerprint density at radius 2 is 2.17 bits per heavy atom. The maximum absolute atomic E-state index is 11.8. The number of ether oxygens (including phenoxy) is 1. The highest BCUT2D eigenvalue weighted by atomic mass is 16.5. The summed E-state index contributed by atoms with van der Waals surface area (Å²) < 4.78 is 10.1. The number of carbonyl (C=O) groups is 1. The molecular weight excluding hydrogens is 298 g/mol. The number of aryl methyl sites for hydroxylation is 1. The van der Waals surface area contributed by atoms with Crippen molar-refractivity contribution >= 4 is 11.9 Å². The average molecular weight is 323 g/mol. The summed E-state index contributed by atoms with van der Waals surface area (Å²) in [6.07, 6.45) is 1.56. The van der Waals surface area contributed by atoms with E-state index in [4.69, 9.17) is 9.26 Å². The van der Waals surface area contributed by atoms with Gasteiger partial charge in [0.25, 0.3) is 0 Å². The molecule has 1 aromatic heterocycles. The molecule has 1 saturated heterocycles. The Balaban J connectivity index is 1.92. The summed E-state index contributed by atoms with van der Waals surface area (Å²) in [6, 6.07) is 0. The van der Waals surface area contributed by atoms with Crippen LogP contribution >= 0.6 is 0 Å². The van der Waals surface area contributed by atoms with Crippen LogP contribution in [0.15, 0.2) is 9.52 Å². The van der Waals surface area contributed by atoms with Gasteiger partial charge in [-0.25, -0.2) is 4.99 Å². The molecule has 128 valence electrons. The van der Waals surface area contributed by atoms with Crippen molar-refractivity contribution in [2.45, 2.75) is 40.2 Å². The number of aromatic nitrogens is 2. The van der Waals surface area contributed by atoms with Crippen molar-refractivity contribution < 1.29 is 14.1 Å². The molecule has 1 aromatic rings. The van der Waals surface area contributed by atoms with Crippen LogP contribution in [0.1, 0.15) is 38.4 Å². The van der Waals surface area contributed by atoms with Crippen molar-refractivity contribution in [1.82, 2.24) is 20.4 Å². The van der Waals surface area contributed by atoms with E-state index in [2.05, 4.69) is 25.3 Å². The Labute approximate surface area is 136 Å². The lowest BCUT2D eigenvalue weighted by molar-refractivity contribution is -0.149. The highest BCUT2D eigenvalue weighted by Crippen LogP contribution is 2.18. The van der Waals surface area contributed by atoms with Crippen LogP contribution in [0.2, 0.25) is 0 Å². The quantitative estimate of drug-likeness (QED) is 0.493. The van der Waals surface area contributed by atoms with Crippen molar-refractivity contribution in [3.63, 3.8) is 0 Å². The summed E-state index contributed by atoms with van der Waals surface area (Å²) in [5.74, 6) is 1.83. The number of piperidine rings is 1. The van der Waals surface area contributed by atoms with Crippen LogP contribution in [0.3, 0.4) is 0 Å². The van der Waals surface area contributed by atoms with E-state index in [9.17, 15) is 4.79 Å². The molecule has 2 heterocycles. The first-order valence-corrected chi connectivity index (χ1v) is 8.13. The molecule has 1 N–H and O–H groups in total. The number of guanidine groups is 1. The number of aliphatic imine (C=N–C) groups is 1.